The molecule has 1 amide bonds. The van der Waals surface area contributed by atoms with E-state index in [1.54, 1.807) is 20.0 Å². The Morgan fingerprint density at radius 3 is 2.52 bits per heavy atom. The molecule has 7 heteroatoms. The van der Waals surface area contributed by atoms with Crippen LogP contribution in [-0.2, 0) is 15.8 Å². The monoisotopic (exact) mass is 331 g/mol. The molecule has 4 nitrogen and oxygen atoms in total. The first-order valence-corrected chi connectivity index (χ1v) is 7.24. The normalized spacial score (nSPS) is 12.7. The molecule has 0 fully saturated rings. The van der Waals surface area contributed by atoms with Gasteiger partial charge < -0.3 is 10.0 Å². The first-order valence-electron chi connectivity index (χ1n) is 7.24. The molecule has 1 rings (SSSR count). The highest BCUT2D eigenvalue weighted by molar-refractivity contribution is 5.76. The maximum absolute atomic E-state index is 12.7. The average Bonchev–Trinajstić information content (AvgIpc) is 2.45. The Hall–Kier alpha value is -2.05. The van der Waals surface area contributed by atoms with Crippen LogP contribution in [0.5, 0.6) is 0 Å². The van der Waals surface area contributed by atoms with E-state index < -0.39 is 17.7 Å². The van der Waals surface area contributed by atoms with Crippen LogP contribution in [0.15, 0.2) is 24.3 Å². The van der Waals surface area contributed by atoms with Crippen molar-refractivity contribution in [2.75, 3.05) is 13.6 Å². The number of benzene rings is 1. The minimum Gasteiger partial charge on any atom is -0.481 e. The van der Waals surface area contributed by atoms with Crippen molar-refractivity contribution in [3.8, 4) is 0 Å². The maximum atomic E-state index is 12.7. The predicted octanol–water partition coefficient (Wildman–Crippen LogP) is 3.52. The summed E-state index contributed by atoms with van der Waals surface area (Å²) < 4.78 is 38.1. The summed E-state index contributed by atoms with van der Waals surface area (Å²) in [6.07, 6.45) is -4.02. The van der Waals surface area contributed by atoms with Crippen LogP contribution in [0.2, 0.25) is 0 Å². The molecular weight excluding hydrogens is 311 g/mol. The fraction of sp³-hybridized carbons (Fsp3) is 0.500. The van der Waals surface area contributed by atoms with E-state index in [-0.39, 0.29) is 24.7 Å². The third kappa shape index (κ3) is 6.30. The van der Waals surface area contributed by atoms with Crippen molar-refractivity contribution in [2.24, 2.45) is 0 Å². The summed E-state index contributed by atoms with van der Waals surface area (Å²) in [5.41, 5.74) is -0.281. The Bertz CT molecular complexity index is 558. The Kier molecular flexibility index (Phi) is 6.60. The van der Waals surface area contributed by atoms with E-state index in [0.717, 1.165) is 12.1 Å². The average molecular weight is 331 g/mol. The van der Waals surface area contributed by atoms with E-state index in [1.807, 2.05) is 0 Å². The molecule has 0 heterocycles. The Morgan fingerprint density at radius 1 is 1.30 bits per heavy atom. The first-order chi connectivity index (χ1) is 10.6. The van der Waals surface area contributed by atoms with Gasteiger partial charge in [0.2, 0.25) is 5.91 Å². The van der Waals surface area contributed by atoms with Crippen LogP contribution in [-0.4, -0.2) is 35.5 Å². The van der Waals surface area contributed by atoms with E-state index >= 15 is 0 Å². The van der Waals surface area contributed by atoms with Gasteiger partial charge in [-0.05, 0) is 24.0 Å². The summed E-state index contributed by atoms with van der Waals surface area (Å²) in [5.74, 6) is -1.50. The van der Waals surface area contributed by atoms with Crippen molar-refractivity contribution in [3.05, 3.63) is 35.4 Å². The van der Waals surface area contributed by atoms with Crippen LogP contribution < -0.4 is 0 Å². The van der Waals surface area contributed by atoms with Crippen molar-refractivity contribution >= 4 is 11.9 Å². The zero-order valence-corrected chi connectivity index (χ0v) is 13.1. The zero-order valence-electron chi connectivity index (χ0n) is 13.1. The summed E-state index contributed by atoms with van der Waals surface area (Å²) in [5, 5.41) is 8.56. The van der Waals surface area contributed by atoms with E-state index in [1.165, 1.54) is 11.0 Å². The van der Waals surface area contributed by atoms with Crippen molar-refractivity contribution in [2.45, 2.75) is 38.3 Å². The molecule has 0 aliphatic rings. The topological polar surface area (TPSA) is 57.6 Å². The Labute approximate surface area is 132 Å². The van der Waals surface area contributed by atoms with Crippen molar-refractivity contribution in [1.82, 2.24) is 4.90 Å². The molecule has 0 aliphatic heterocycles. The molecule has 0 saturated heterocycles. The molecule has 0 aliphatic carbocycles. The van der Waals surface area contributed by atoms with Gasteiger partial charge in [-0.2, -0.15) is 13.2 Å². The van der Waals surface area contributed by atoms with Crippen molar-refractivity contribution in [3.63, 3.8) is 0 Å². The van der Waals surface area contributed by atoms with E-state index in [9.17, 15) is 22.8 Å². The van der Waals surface area contributed by atoms with E-state index in [4.69, 9.17) is 5.11 Å². The number of carboxylic acids is 1. The highest BCUT2D eigenvalue weighted by atomic mass is 19.4. The number of nitrogens with zero attached hydrogens (tertiary/aromatic N) is 1. The number of carbonyl (C=O) groups excluding carboxylic acids is 1. The number of carbonyl (C=O) groups is 2. The number of rotatable bonds is 7. The lowest BCUT2D eigenvalue weighted by molar-refractivity contribution is -0.138. The Morgan fingerprint density at radius 2 is 1.96 bits per heavy atom. The summed E-state index contributed by atoms with van der Waals surface area (Å²) >= 11 is 0. The minimum absolute atomic E-state index is 0.0270. The van der Waals surface area contributed by atoms with Crippen LogP contribution in [0.3, 0.4) is 0 Å². The number of halogens is 3. The van der Waals surface area contributed by atoms with Gasteiger partial charge in [0, 0.05) is 26.4 Å². The summed E-state index contributed by atoms with van der Waals surface area (Å²) in [6.45, 7) is 2.00. The molecule has 1 aromatic rings. The Balaban J connectivity index is 2.63. The SMILES string of the molecule is CC(CC(=O)N(C)CCCC(=O)O)c1cccc(C(F)(F)F)c1. The van der Waals surface area contributed by atoms with Gasteiger partial charge in [-0.25, -0.2) is 0 Å². The molecule has 0 aromatic heterocycles. The number of hydrogen-bond acceptors (Lipinski definition) is 2. The second-order valence-electron chi connectivity index (χ2n) is 5.54. The number of amides is 1. The molecule has 1 aromatic carbocycles. The highest BCUT2D eigenvalue weighted by Gasteiger charge is 2.30. The van der Waals surface area contributed by atoms with Gasteiger partial charge in [-0.1, -0.05) is 25.1 Å². The fourth-order valence-corrected chi connectivity index (χ4v) is 2.15. The second kappa shape index (κ2) is 7.99. The smallest absolute Gasteiger partial charge is 0.416 e. The largest absolute Gasteiger partial charge is 0.481 e. The summed E-state index contributed by atoms with van der Waals surface area (Å²) in [4.78, 5) is 23.9. The lowest BCUT2D eigenvalue weighted by Gasteiger charge is -2.20. The molecule has 0 saturated carbocycles. The molecule has 0 radical (unpaired) electrons. The number of alkyl halides is 3. The van der Waals surface area contributed by atoms with Crippen LogP contribution >= 0.6 is 0 Å². The molecule has 23 heavy (non-hydrogen) atoms. The lowest BCUT2D eigenvalue weighted by atomic mass is 9.95. The molecule has 1 N–H and O–H groups in total. The molecule has 1 atom stereocenters. The molecule has 1 unspecified atom stereocenters. The minimum atomic E-state index is -4.41. The van der Waals surface area contributed by atoms with Crippen LogP contribution in [0.4, 0.5) is 13.2 Å². The van der Waals surface area contributed by atoms with Crippen LogP contribution in [0.1, 0.15) is 43.2 Å². The van der Waals surface area contributed by atoms with Crippen molar-refractivity contribution in [1.29, 1.82) is 0 Å². The number of aliphatic carboxylic acids is 1. The lowest BCUT2D eigenvalue weighted by Crippen LogP contribution is -2.29. The summed E-state index contributed by atoms with van der Waals surface area (Å²) in [7, 11) is 1.56. The van der Waals surface area contributed by atoms with Gasteiger partial charge in [-0.15, -0.1) is 0 Å². The van der Waals surface area contributed by atoms with Gasteiger partial charge in [0.05, 0.1) is 5.56 Å². The second-order valence-corrected chi connectivity index (χ2v) is 5.54. The summed E-state index contributed by atoms with van der Waals surface area (Å²) in [6, 6.07) is 4.95. The molecule has 0 spiro atoms. The molecular formula is C16H20F3NO3. The van der Waals surface area contributed by atoms with Gasteiger partial charge in [0.1, 0.15) is 0 Å². The highest BCUT2D eigenvalue weighted by Crippen LogP contribution is 2.31. The van der Waals surface area contributed by atoms with Gasteiger partial charge >= 0.3 is 12.1 Å². The third-order valence-corrected chi connectivity index (χ3v) is 3.57. The molecule has 128 valence electrons. The fourth-order valence-electron chi connectivity index (χ4n) is 2.15. The standard InChI is InChI=1S/C16H20F3NO3/c1-11(9-14(21)20(2)8-4-7-15(22)23)12-5-3-6-13(10-12)16(17,18)19/h3,5-6,10-11H,4,7-9H2,1-2H3,(H,22,23). The van der Waals surface area contributed by atoms with Crippen LogP contribution in [0, 0.1) is 0 Å². The van der Waals surface area contributed by atoms with Gasteiger partial charge in [-0.3, -0.25) is 9.59 Å². The first kappa shape index (κ1) is 19.0. The third-order valence-electron chi connectivity index (χ3n) is 3.57. The predicted molar refractivity (Wildman–Crippen MR) is 79.0 cm³/mol. The maximum Gasteiger partial charge on any atom is 0.416 e. The zero-order chi connectivity index (χ0) is 17.6. The van der Waals surface area contributed by atoms with E-state index in [2.05, 4.69) is 0 Å². The quantitative estimate of drug-likeness (QED) is 0.832. The van der Waals surface area contributed by atoms with Gasteiger partial charge in [0.25, 0.3) is 0 Å². The van der Waals surface area contributed by atoms with Crippen LogP contribution in [0.25, 0.3) is 0 Å². The van der Waals surface area contributed by atoms with E-state index in [0.29, 0.717) is 18.5 Å². The van der Waals surface area contributed by atoms with Crippen molar-refractivity contribution < 1.29 is 27.9 Å². The van der Waals surface area contributed by atoms with Gasteiger partial charge in [0.15, 0.2) is 0 Å². The number of hydrogen-bond donors (Lipinski definition) is 1. The molecule has 0 bridgehead atoms. The number of carboxylic acid groups (broad SMARTS) is 1.